The number of carbonyl (C=O) groups is 1. The number of thiophene rings is 1. The van der Waals surface area contributed by atoms with Crippen molar-refractivity contribution >= 4 is 61.4 Å². The van der Waals surface area contributed by atoms with Crippen LogP contribution in [0.5, 0.6) is 11.5 Å². The molecule has 4 heterocycles. The van der Waals surface area contributed by atoms with Crippen LogP contribution in [-0.4, -0.2) is 31.6 Å². The molecule has 1 amide bonds. The van der Waals surface area contributed by atoms with Gasteiger partial charge in [0.2, 0.25) is 0 Å². The first-order valence-electron chi connectivity index (χ1n) is 13.2. The van der Waals surface area contributed by atoms with Gasteiger partial charge in [0.05, 0.1) is 39.8 Å². The molecule has 0 spiro atoms. The Labute approximate surface area is 263 Å². The molecule has 2 aromatic carbocycles. The van der Waals surface area contributed by atoms with E-state index in [1.54, 1.807) is 49.1 Å². The zero-order chi connectivity index (χ0) is 30.1. The number of fused-ring (bicyclic) bond motifs is 1. The molecular weight excluding hydrogens is 687 g/mol. The van der Waals surface area contributed by atoms with E-state index in [2.05, 4.69) is 37.9 Å². The second-order valence-corrected chi connectivity index (χ2v) is 11.7. The Morgan fingerprint density at radius 3 is 2.63 bits per heavy atom. The minimum absolute atomic E-state index is 0.00218. The highest BCUT2D eigenvalue weighted by molar-refractivity contribution is 14.1. The average molecular weight is 712 g/mol. The van der Waals surface area contributed by atoms with E-state index in [4.69, 9.17) is 9.47 Å². The van der Waals surface area contributed by atoms with Gasteiger partial charge in [-0.25, -0.2) is 13.8 Å². The fraction of sp³-hybridized carbons (Fsp3) is 0.129. The number of halogens is 3. The van der Waals surface area contributed by atoms with E-state index in [0.29, 0.717) is 22.8 Å². The molecular formula is C31H24F2IN5O3S. The molecule has 8 nitrogen and oxygen atoms in total. The fourth-order valence-electron chi connectivity index (χ4n) is 4.56. The Balaban J connectivity index is 1.21. The van der Waals surface area contributed by atoms with E-state index in [9.17, 15) is 9.18 Å². The van der Waals surface area contributed by atoms with Crippen LogP contribution < -0.4 is 15.0 Å². The predicted molar refractivity (Wildman–Crippen MR) is 171 cm³/mol. The zero-order valence-electron chi connectivity index (χ0n) is 22.9. The van der Waals surface area contributed by atoms with E-state index in [0.717, 1.165) is 27.3 Å². The molecule has 1 aliphatic heterocycles. The van der Waals surface area contributed by atoms with Crippen LogP contribution in [-0.2, 0) is 16.1 Å². The van der Waals surface area contributed by atoms with Crippen LogP contribution >= 0.6 is 33.9 Å². The van der Waals surface area contributed by atoms with Gasteiger partial charge in [-0.1, -0.05) is 22.6 Å². The number of aryl methyl sites for hydroxylation is 1. The van der Waals surface area contributed by atoms with Crippen LogP contribution in [0, 0.1) is 11.6 Å². The summed E-state index contributed by atoms with van der Waals surface area (Å²) in [4.78, 5) is 25.1. The molecule has 0 radical (unpaired) electrons. The number of methoxy groups -OCH3 is 1. The number of alkyl halides is 1. The van der Waals surface area contributed by atoms with Crippen LogP contribution in [0.15, 0.2) is 96.9 Å². The third-order valence-corrected chi connectivity index (χ3v) is 9.14. The molecule has 0 saturated carbocycles. The predicted octanol–water partition coefficient (Wildman–Crippen LogP) is 7.88. The molecule has 1 aliphatic rings. The molecule has 0 saturated heterocycles. The summed E-state index contributed by atoms with van der Waals surface area (Å²) >= 11 is 3.57. The minimum Gasteiger partial charge on any atom is -0.496 e. The van der Waals surface area contributed by atoms with E-state index in [1.165, 1.54) is 42.7 Å². The molecule has 0 aliphatic carbocycles. The second kappa shape index (κ2) is 12.1. The summed E-state index contributed by atoms with van der Waals surface area (Å²) < 4.78 is 42.5. The monoisotopic (exact) mass is 711 g/mol. The highest BCUT2D eigenvalue weighted by Crippen LogP contribution is 2.39. The molecule has 0 fully saturated rings. The number of nitrogens with one attached hydrogen (secondary N) is 1. The van der Waals surface area contributed by atoms with Crippen LogP contribution in [0.1, 0.15) is 6.92 Å². The molecule has 43 heavy (non-hydrogen) atoms. The van der Waals surface area contributed by atoms with Crippen molar-refractivity contribution in [2.75, 3.05) is 17.3 Å². The second-order valence-electron chi connectivity index (χ2n) is 9.44. The van der Waals surface area contributed by atoms with Crippen molar-refractivity contribution in [2.24, 2.45) is 0 Å². The smallest absolute Gasteiger partial charge is 0.258 e. The molecule has 0 bridgehead atoms. The quantitative estimate of drug-likeness (QED) is 0.100. The van der Waals surface area contributed by atoms with E-state index < -0.39 is 15.8 Å². The van der Waals surface area contributed by atoms with Crippen molar-refractivity contribution in [1.29, 1.82) is 0 Å². The topological polar surface area (TPSA) is 81.5 Å². The summed E-state index contributed by atoms with van der Waals surface area (Å²) in [5, 5.41) is 2.76. The molecule has 1 unspecified atom stereocenters. The van der Waals surface area contributed by atoms with Crippen molar-refractivity contribution in [3.8, 4) is 22.1 Å². The molecule has 1 atom stereocenters. The first-order chi connectivity index (χ1) is 20.8. The van der Waals surface area contributed by atoms with E-state index in [-0.39, 0.29) is 17.3 Å². The van der Waals surface area contributed by atoms with Crippen LogP contribution in [0.4, 0.5) is 20.2 Å². The number of allylic oxidation sites excluding steroid dienone is 1. The van der Waals surface area contributed by atoms with Gasteiger partial charge in [-0.15, -0.1) is 11.3 Å². The summed E-state index contributed by atoms with van der Waals surface area (Å²) in [6.45, 7) is 2.86. The maximum absolute atomic E-state index is 15.3. The number of nitrogens with zero attached hydrogens (tertiary/aromatic N) is 4. The maximum Gasteiger partial charge on any atom is 0.258 e. The molecule has 1 N–H and O–H groups in total. The number of rotatable bonds is 8. The Bertz CT molecular complexity index is 1890. The third kappa shape index (κ3) is 5.84. The van der Waals surface area contributed by atoms with Gasteiger partial charge in [0.1, 0.15) is 21.4 Å². The van der Waals surface area contributed by atoms with Crippen molar-refractivity contribution in [2.45, 2.75) is 17.5 Å². The number of pyridine rings is 1. The van der Waals surface area contributed by atoms with Crippen LogP contribution in [0.3, 0.4) is 0 Å². The largest absolute Gasteiger partial charge is 0.496 e. The first-order valence-corrected chi connectivity index (χ1v) is 15.2. The Hall–Kier alpha value is -4.30. The minimum atomic E-state index is -0.648. The van der Waals surface area contributed by atoms with Crippen molar-refractivity contribution in [3.05, 3.63) is 109 Å². The lowest BCUT2D eigenvalue weighted by Gasteiger charge is -2.31. The number of benzene rings is 2. The number of carbonyl (C=O) groups excluding carboxylic acids is 1. The lowest BCUT2D eigenvalue weighted by molar-refractivity contribution is -0.113. The number of amides is 1. The molecule has 6 rings (SSSR count). The van der Waals surface area contributed by atoms with Gasteiger partial charge in [0, 0.05) is 48.6 Å². The van der Waals surface area contributed by atoms with Gasteiger partial charge in [0.15, 0.2) is 11.6 Å². The standard InChI is InChI=1S/C31H24F2IN5O3S/c1-3-38-16-23(36-17-38)27-15-22-29(43-27)26(10-12-35-22)42-24-9-6-19(14-21(24)33)37-31(40)28-25(41-2)11-13-39(30(28)34)20-7-4-18(32)5-8-20/h4-17,30H,3H2,1-2H3,(H,37,40). The van der Waals surface area contributed by atoms with Crippen LogP contribution in [0.25, 0.3) is 20.8 Å². The molecule has 12 heteroatoms. The summed E-state index contributed by atoms with van der Waals surface area (Å²) in [6.07, 6.45) is 8.77. The number of anilines is 2. The third-order valence-electron chi connectivity index (χ3n) is 6.76. The number of hydrogen-bond acceptors (Lipinski definition) is 7. The molecule has 3 aromatic heterocycles. The average Bonchev–Trinajstić information content (AvgIpc) is 3.67. The maximum atomic E-state index is 15.3. The van der Waals surface area contributed by atoms with Crippen molar-refractivity contribution < 1.29 is 23.0 Å². The summed E-state index contributed by atoms with van der Waals surface area (Å²) in [5.74, 6) is -0.637. The summed E-state index contributed by atoms with van der Waals surface area (Å²) in [7, 11) is 1.47. The zero-order valence-corrected chi connectivity index (χ0v) is 25.9. The van der Waals surface area contributed by atoms with Crippen molar-refractivity contribution in [1.82, 2.24) is 14.5 Å². The van der Waals surface area contributed by atoms with E-state index in [1.807, 2.05) is 28.7 Å². The van der Waals surface area contributed by atoms with Gasteiger partial charge in [-0.3, -0.25) is 9.78 Å². The van der Waals surface area contributed by atoms with Gasteiger partial charge >= 0.3 is 0 Å². The highest BCUT2D eigenvalue weighted by Gasteiger charge is 2.31. The van der Waals surface area contributed by atoms with Gasteiger partial charge < -0.3 is 24.3 Å². The normalized spacial score (nSPS) is 14.8. The Morgan fingerprint density at radius 1 is 1.09 bits per heavy atom. The fourth-order valence-corrected chi connectivity index (χ4v) is 6.68. The lowest BCUT2D eigenvalue weighted by Crippen LogP contribution is -2.36. The molecule has 218 valence electrons. The van der Waals surface area contributed by atoms with Crippen LogP contribution in [0.2, 0.25) is 0 Å². The summed E-state index contributed by atoms with van der Waals surface area (Å²) in [5.41, 5.74) is 2.82. The lowest BCUT2D eigenvalue weighted by atomic mass is 10.1. The van der Waals surface area contributed by atoms with E-state index >= 15 is 4.39 Å². The molecule has 5 aromatic rings. The number of aromatic nitrogens is 3. The Morgan fingerprint density at radius 2 is 1.91 bits per heavy atom. The first kappa shape index (κ1) is 28.8. The van der Waals surface area contributed by atoms with Gasteiger partial charge in [0.25, 0.3) is 5.91 Å². The number of ether oxygens (including phenoxy) is 2. The number of hydrogen-bond donors (Lipinski definition) is 1. The highest BCUT2D eigenvalue weighted by atomic mass is 127. The Kier molecular flexibility index (Phi) is 8.13. The summed E-state index contributed by atoms with van der Waals surface area (Å²) in [6, 6.07) is 13.8. The van der Waals surface area contributed by atoms with Crippen molar-refractivity contribution in [3.63, 3.8) is 0 Å². The van der Waals surface area contributed by atoms with Gasteiger partial charge in [-0.05, 0) is 55.5 Å². The SMILES string of the molecule is CCn1cnc(-c2cc3nccc(Oc4ccc(NC(=O)C5=C(OC)C=CN(c6ccc(F)cc6)C5I)cc4F)c3s2)c1. The number of imidazole rings is 1. The van der Waals surface area contributed by atoms with Gasteiger partial charge in [-0.2, -0.15) is 0 Å².